The summed E-state index contributed by atoms with van der Waals surface area (Å²) in [6.07, 6.45) is 17.9. The zero-order chi connectivity index (χ0) is 23.9. The normalized spacial score (nSPS) is 11.1. The van der Waals surface area contributed by atoms with Gasteiger partial charge in [-0.2, -0.15) is 0 Å². The molecule has 1 amide bonds. The van der Waals surface area contributed by atoms with Gasteiger partial charge in [0.05, 0.1) is 12.8 Å². The van der Waals surface area contributed by atoms with E-state index in [1.54, 1.807) is 0 Å². The molecule has 3 N–H and O–H groups in total. The number of hydrogen-bond donors (Lipinski definition) is 3. The van der Waals surface area contributed by atoms with Crippen LogP contribution in [0.25, 0.3) is 0 Å². The van der Waals surface area contributed by atoms with Crippen molar-refractivity contribution >= 4 is 17.8 Å². The third-order valence-electron chi connectivity index (χ3n) is 5.76. The molecule has 0 radical (unpaired) electrons. The van der Waals surface area contributed by atoms with E-state index >= 15 is 0 Å². The number of aliphatic carboxylic acids is 2. The minimum absolute atomic E-state index is 0.00890. The van der Waals surface area contributed by atoms with Crippen molar-refractivity contribution in [3.63, 3.8) is 0 Å². The highest BCUT2D eigenvalue weighted by atomic mass is 16.4. The first-order chi connectivity index (χ1) is 15.5. The second kappa shape index (κ2) is 22.6. The third-order valence-corrected chi connectivity index (χ3v) is 5.76. The number of unbranched alkanes of at least 4 members (excludes halogenated alkanes) is 12. The van der Waals surface area contributed by atoms with Crippen molar-refractivity contribution < 1.29 is 24.6 Å². The van der Waals surface area contributed by atoms with Crippen LogP contribution in [0.4, 0.5) is 0 Å². The van der Waals surface area contributed by atoms with Crippen molar-refractivity contribution in [3.8, 4) is 0 Å². The summed E-state index contributed by atoms with van der Waals surface area (Å²) in [5.41, 5.74) is 0. The van der Waals surface area contributed by atoms with Gasteiger partial charge in [0.2, 0.25) is 5.91 Å². The zero-order valence-corrected chi connectivity index (χ0v) is 20.4. The molecule has 32 heavy (non-hydrogen) atoms. The quantitative estimate of drug-likeness (QED) is 0.172. The number of nitrogens with one attached hydrogen (secondary N) is 1. The molecule has 0 aliphatic carbocycles. The van der Waals surface area contributed by atoms with E-state index in [-0.39, 0.29) is 18.7 Å². The maximum Gasteiger partial charge on any atom is 0.304 e. The standard InChI is InChI=1S/C25H48N2O5/c1-2-3-4-5-6-7-8-9-10-11-12-13-14-16-23(28)26-19-15-20-27(21-17-24(29)30)22-18-25(31)32/h2-22H2,1H3,(H,26,28)(H,29,30)(H,31,32). The smallest absolute Gasteiger partial charge is 0.304 e. The van der Waals surface area contributed by atoms with E-state index in [2.05, 4.69) is 12.2 Å². The van der Waals surface area contributed by atoms with Gasteiger partial charge in [0, 0.05) is 26.1 Å². The molecule has 0 aliphatic rings. The average Bonchev–Trinajstić information content (AvgIpc) is 2.75. The lowest BCUT2D eigenvalue weighted by atomic mass is 10.0. The first kappa shape index (κ1) is 30.4. The van der Waals surface area contributed by atoms with Crippen molar-refractivity contribution in [1.29, 1.82) is 0 Å². The van der Waals surface area contributed by atoms with Crippen LogP contribution >= 0.6 is 0 Å². The largest absolute Gasteiger partial charge is 0.481 e. The van der Waals surface area contributed by atoms with Crippen LogP contribution in [0.3, 0.4) is 0 Å². The van der Waals surface area contributed by atoms with Gasteiger partial charge in [-0.25, -0.2) is 0 Å². The lowest BCUT2D eigenvalue weighted by Gasteiger charge is -2.20. The number of hydrogen-bond acceptors (Lipinski definition) is 4. The SMILES string of the molecule is CCCCCCCCCCCCCCCC(=O)NCCCN(CCC(=O)O)CCC(=O)O. The Kier molecular flexibility index (Phi) is 21.4. The Morgan fingerprint density at radius 3 is 1.47 bits per heavy atom. The van der Waals surface area contributed by atoms with Gasteiger partial charge in [-0.3, -0.25) is 14.4 Å². The summed E-state index contributed by atoms with van der Waals surface area (Å²) >= 11 is 0. The van der Waals surface area contributed by atoms with Crippen LogP contribution in [0.5, 0.6) is 0 Å². The van der Waals surface area contributed by atoms with E-state index in [1.807, 2.05) is 4.90 Å². The molecule has 0 spiro atoms. The fourth-order valence-electron chi connectivity index (χ4n) is 3.77. The number of nitrogens with zero attached hydrogens (tertiary/aromatic N) is 1. The summed E-state index contributed by atoms with van der Waals surface area (Å²) in [6, 6.07) is 0. The molecule has 0 heterocycles. The Labute approximate surface area is 195 Å². The van der Waals surface area contributed by atoms with Crippen LogP contribution < -0.4 is 5.32 Å². The number of carboxylic acids is 2. The van der Waals surface area contributed by atoms with Crippen molar-refractivity contribution in [3.05, 3.63) is 0 Å². The molecule has 188 valence electrons. The lowest BCUT2D eigenvalue weighted by molar-refractivity contribution is -0.137. The molecular formula is C25H48N2O5. The molecule has 7 nitrogen and oxygen atoms in total. The maximum atomic E-state index is 11.9. The topological polar surface area (TPSA) is 107 Å². The number of carboxylic acid groups (broad SMARTS) is 2. The van der Waals surface area contributed by atoms with Crippen molar-refractivity contribution in [2.45, 2.75) is 116 Å². The maximum absolute atomic E-state index is 11.9. The Bertz CT molecular complexity index is 467. The van der Waals surface area contributed by atoms with Gasteiger partial charge >= 0.3 is 11.9 Å². The molecule has 0 aliphatic heterocycles. The van der Waals surface area contributed by atoms with Crippen LogP contribution in [0.1, 0.15) is 116 Å². The second-order valence-electron chi connectivity index (χ2n) is 8.83. The number of carbonyl (C=O) groups is 3. The zero-order valence-electron chi connectivity index (χ0n) is 20.4. The Morgan fingerprint density at radius 2 is 1.03 bits per heavy atom. The third kappa shape index (κ3) is 23.0. The summed E-state index contributed by atoms with van der Waals surface area (Å²) in [5, 5.41) is 20.5. The molecule has 0 rings (SSSR count). The van der Waals surface area contributed by atoms with Gasteiger partial charge in [-0.15, -0.1) is 0 Å². The molecule has 0 unspecified atom stereocenters. The van der Waals surface area contributed by atoms with Gasteiger partial charge in [0.25, 0.3) is 0 Å². The molecule has 0 aromatic heterocycles. The average molecular weight is 457 g/mol. The van der Waals surface area contributed by atoms with Crippen LogP contribution in [-0.2, 0) is 14.4 Å². The number of amides is 1. The van der Waals surface area contributed by atoms with E-state index in [0.717, 1.165) is 12.8 Å². The highest BCUT2D eigenvalue weighted by Gasteiger charge is 2.10. The Balaban J connectivity index is 3.55. The summed E-state index contributed by atoms with van der Waals surface area (Å²) in [4.78, 5) is 35.2. The number of rotatable bonds is 24. The first-order valence-electron chi connectivity index (χ1n) is 12.9. The van der Waals surface area contributed by atoms with E-state index in [0.29, 0.717) is 39.0 Å². The van der Waals surface area contributed by atoms with Crippen molar-refractivity contribution in [2.75, 3.05) is 26.2 Å². The van der Waals surface area contributed by atoms with Crippen molar-refractivity contribution in [2.24, 2.45) is 0 Å². The Morgan fingerprint density at radius 1 is 0.594 bits per heavy atom. The van der Waals surface area contributed by atoms with Crippen molar-refractivity contribution in [1.82, 2.24) is 10.2 Å². The number of carbonyl (C=O) groups excluding carboxylic acids is 1. The minimum Gasteiger partial charge on any atom is -0.481 e. The summed E-state index contributed by atoms with van der Waals surface area (Å²) < 4.78 is 0. The molecule has 0 aromatic carbocycles. The molecular weight excluding hydrogens is 408 g/mol. The molecule has 7 heteroatoms. The van der Waals surface area contributed by atoms with Crippen LogP contribution in [0.15, 0.2) is 0 Å². The molecule has 0 saturated carbocycles. The molecule has 0 aromatic rings. The van der Waals surface area contributed by atoms with Gasteiger partial charge < -0.3 is 20.4 Å². The van der Waals surface area contributed by atoms with Crippen LogP contribution in [0.2, 0.25) is 0 Å². The first-order valence-corrected chi connectivity index (χ1v) is 12.9. The summed E-state index contributed by atoms with van der Waals surface area (Å²) in [5.74, 6) is -1.72. The highest BCUT2D eigenvalue weighted by molar-refractivity contribution is 5.75. The Hall–Kier alpha value is -1.63. The molecule has 0 fully saturated rings. The monoisotopic (exact) mass is 456 g/mol. The lowest BCUT2D eigenvalue weighted by Crippen LogP contribution is -2.32. The highest BCUT2D eigenvalue weighted by Crippen LogP contribution is 2.12. The van der Waals surface area contributed by atoms with E-state index in [1.165, 1.54) is 70.6 Å². The van der Waals surface area contributed by atoms with E-state index in [9.17, 15) is 14.4 Å². The fourth-order valence-corrected chi connectivity index (χ4v) is 3.77. The van der Waals surface area contributed by atoms with E-state index in [4.69, 9.17) is 10.2 Å². The minimum atomic E-state index is -0.892. The van der Waals surface area contributed by atoms with Gasteiger partial charge in [-0.05, 0) is 19.4 Å². The summed E-state index contributed by atoms with van der Waals surface area (Å²) in [7, 11) is 0. The van der Waals surface area contributed by atoms with Gasteiger partial charge in [0.15, 0.2) is 0 Å². The summed E-state index contributed by atoms with van der Waals surface area (Å²) in [6.45, 7) is 4.03. The predicted molar refractivity (Wildman–Crippen MR) is 129 cm³/mol. The van der Waals surface area contributed by atoms with Gasteiger partial charge in [-0.1, -0.05) is 84.0 Å². The van der Waals surface area contributed by atoms with Gasteiger partial charge in [0.1, 0.15) is 0 Å². The predicted octanol–water partition coefficient (Wildman–Crippen LogP) is 5.23. The molecule has 0 saturated heterocycles. The molecule has 0 atom stereocenters. The molecule has 0 bridgehead atoms. The van der Waals surface area contributed by atoms with Crippen LogP contribution in [-0.4, -0.2) is 59.1 Å². The van der Waals surface area contributed by atoms with E-state index < -0.39 is 11.9 Å². The second-order valence-corrected chi connectivity index (χ2v) is 8.83. The van der Waals surface area contributed by atoms with Crippen LogP contribution in [0, 0.1) is 0 Å². The fraction of sp³-hybridized carbons (Fsp3) is 0.880.